The van der Waals surface area contributed by atoms with E-state index in [1.807, 2.05) is 24.3 Å². The van der Waals surface area contributed by atoms with Crippen LogP contribution in [0.2, 0.25) is 5.02 Å². The fourth-order valence-electron chi connectivity index (χ4n) is 4.83. The first-order chi connectivity index (χ1) is 19.7. The van der Waals surface area contributed by atoms with Crippen molar-refractivity contribution in [3.63, 3.8) is 0 Å². The van der Waals surface area contributed by atoms with Gasteiger partial charge in [0.05, 0.1) is 12.1 Å². The highest BCUT2D eigenvalue weighted by atomic mass is 35.5. The van der Waals surface area contributed by atoms with Crippen molar-refractivity contribution in [3.05, 3.63) is 40.5 Å². The van der Waals surface area contributed by atoms with Crippen LogP contribution >= 0.6 is 11.6 Å². The molecule has 0 spiro atoms. The average molecular weight is 587 g/mol. The number of carbonyl (C=O) groups excluding carboxylic acids is 2. The number of rotatable bonds is 18. The Morgan fingerprint density at radius 1 is 0.878 bits per heavy atom. The van der Waals surface area contributed by atoms with Crippen molar-refractivity contribution >= 4 is 29.2 Å². The first-order valence-corrected chi connectivity index (χ1v) is 15.6. The molecule has 0 unspecified atom stereocenters. The quantitative estimate of drug-likeness (QED) is 0.120. The molecule has 0 aliphatic carbocycles. The molecule has 0 fully saturated rings. The molecule has 2 heterocycles. The Hall–Kier alpha value is -2.87. The van der Waals surface area contributed by atoms with Crippen LogP contribution in [0.4, 0.5) is 0 Å². The molecule has 3 rings (SSSR count). The predicted molar refractivity (Wildman–Crippen MR) is 163 cm³/mol. The molecule has 9 heteroatoms. The van der Waals surface area contributed by atoms with Crippen LogP contribution in [0.3, 0.4) is 0 Å². The Morgan fingerprint density at radius 3 is 2.07 bits per heavy atom. The molecule has 1 N–H and O–H groups in total. The maximum atomic E-state index is 12.5. The summed E-state index contributed by atoms with van der Waals surface area (Å²) in [5, 5.41) is 8.30. The van der Waals surface area contributed by atoms with E-state index in [-0.39, 0.29) is 31.0 Å². The maximum Gasteiger partial charge on any atom is 0.310 e. The number of aromatic nitrogens is 4. The lowest BCUT2D eigenvalue weighted by Crippen LogP contribution is -2.15. The smallest absolute Gasteiger partial charge is 0.310 e. The van der Waals surface area contributed by atoms with Crippen LogP contribution < -0.4 is 0 Å². The van der Waals surface area contributed by atoms with E-state index in [9.17, 15) is 9.59 Å². The van der Waals surface area contributed by atoms with Gasteiger partial charge in [0.25, 0.3) is 0 Å². The zero-order chi connectivity index (χ0) is 29.7. The molecule has 8 nitrogen and oxygen atoms in total. The highest BCUT2D eigenvalue weighted by molar-refractivity contribution is 6.34. The number of ether oxygens (including phenoxy) is 2. The van der Waals surface area contributed by atoms with Crippen molar-refractivity contribution in [2.24, 2.45) is 0 Å². The number of H-pyrrole nitrogens is 1. The second kappa shape index (κ2) is 16.5. The van der Waals surface area contributed by atoms with Gasteiger partial charge in [0.1, 0.15) is 18.2 Å². The van der Waals surface area contributed by atoms with E-state index in [0.29, 0.717) is 22.9 Å². The van der Waals surface area contributed by atoms with Gasteiger partial charge in [-0.25, -0.2) is 4.98 Å². The van der Waals surface area contributed by atoms with Crippen LogP contribution in [0.15, 0.2) is 24.3 Å². The number of unbranched alkanes of at least 4 members (excludes halogenated alkanes) is 10. The summed E-state index contributed by atoms with van der Waals surface area (Å²) >= 11 is 6.57. The third kappa shape index (κ3) is 10.5. The lowest BCUT2D eigenvalue weighted by molar-refractivity contribution is -0.151. The largest absolute Gasteiger partial charge is 0.462 e. The minimum absolute atomic E-state index is 0.0297. The summed E-state index contributed by atoms with van der Waals surface area (Å²) in [6, 6.07) is 7.44. The standard InChI is InChI=1S/C32H47ClN4O4/c1-5-6-7-8-9-10-11-12-13-14-15-20-26(38)40-21-22-41-27(39)23-24-18-16-17-19-25(24)30-34-31-28(33)29(32(2,3)4)35-37(31)36-30/h16-19,35H,5-15,20-23H2,1-4H3. The number of benzene rings is 1. The number of carbonyl (C=O) groups is 2. The van der Waals surface area contributed by atoms with Gasteiger partial charge in [0.2, 0.25) is 0 Å². The Morgan fingerprint density at radius 2 is 1.46 bits per heavy atom. The lowest BCUT2D eigenvalue weighted by atomic mass is 9.92. The number of hydrogen-bond acceptors (Lipinski definition) is 6. The molecule has 2 aromatic heterocycles. The van der Waals surface area contributed by atoms with Gasteiger partial charge < -0.3 is 9.47 Å². The molecular weight excluding hydrogens is 540 g/mol. The van der Waals surface area contributed by atoms with E-state index < -0.39 is 5.97 Å². The summed E-state index contributed by atoms with van der Waals surface area (Å²) in [5.74, 6) is -0.174. The highest BCUT2D eigenvalue weighted by Crippen LogP contribution is 2.32. The number of aromatic amines is 1. The van der Waals surface area contributed by atoms with Crippen LogP contribution in [0, 0.1) is 0 Å². The second-order valence-electron chi connectivity index (χ2n) is 11.8. The lowest BCUT2D eigenvalue weighted by Gasteiger charge is -2.16. The van der Waals surface area contributed by atoms with E-state index in [4.69, 9.17) is 21.1 Å². The van der Waals surface area contributed by atoms with Gasteiger partial charge in [0, 0.05) is 17.4 Å². The minimum atomic E-state index is -0.406. The van der Waals surface area contributed by atoms with E-state index in [0.717, 1.165) is 36.1 Å². The van der Waals surface area contributed by atoms with E-state index >= 15 is 0 Å². The van der Waals surface area contributed by atoms with Gasteiger partial charge in [-0.05, 0) is 12.0 Å². The van der Waals surface area contributed by atoms with Crippen molar-refractivity contribution < 1.29 is 19.1 Å². The number of nitrogens with one attached hydrogen (secondary N) is 1. The zero-order valence-corrected chi connectivity index (χ0v) is 26.0. The van der Waals surface area contributed by atoms with Gasteiger partial charge in [0.15, 0.2) is 11.5 Å². The fraction of sp³-hybridized carbons (Fsp3) is 0.625. The topological polar surface area (TPSA) is 98.6 Å². The van der Waals surface area contributed by atoms with Crippen LogP contribution in [-0.4, -0.2) is 45.0 Å². The van der Waals surface area contributed by atoms with Crippen LogP contribution in [0.5, 0.6) is 0 Å². The van der Waals surface area contributed by atoms with Crippen LogP contribution in [0.1, 0.15) is 116 Å². The number of nitrogens with zero attached hydrogens (tertiary/aromatic N) is 3. The summed E-state index contributed by atoms with van der Waals surface area (Å²) < 4.78 is 12.1. The van der Waals surface area contributed by atoms with E-state index in [2.05, 4.69) is 42.9 Å². The van der Waals surface area contributed by atoms with Crippen LogP contribution in [0.25, 0.3) is 17.0 Å². The Bertz CT molecular complexity index is 1240. The molecule has 41 heavy (non-hydrogen) atoms. The highest BCUT2D eigenvalue weighted by Gasteiger charge is 2.25. The fourth-order valence-corrected chi connectivity index (χ4v) is 5.27. The molecule has 226 valence electrons. The molecule has 0 saturated carbocycles. The molecule has 0 aliphatic rings. The summed E-state index contributed by atoms with van der Waals surface area (Å²) in [5.41, 5.74) is 2.69. The number of fused-ring (bicyclic) bond motifs is 1. The Labute approximate surface area is 249 Å². The third-order valence-electron chi connectivity index (χ3n) is 7.18. The van der Waals surface area contributed by atoms with Crippen LogP contribution in [-0.2, 0) is 30.9 Å². The van der Waals surface area contributed by atoms with Gasteiger partial charge in [-0.1, -0.05) is 128 Å². The summed E-state index contributed by atoms with van der Waals surface area (Å²) in [7, 11) is 0. The molecule has 0 bridgehead atoms. The third-order valence-corrected chi connectivity index (χ3v) is 7.54. The first kappa shape index (κ1) is 32.6. The summed E-state index contributed by atoms with van der Waals surface area (Å²) in [6.07, 6.45) is 14.1. The molecule has 3 aromatic rings. The van der Waals surface area contributed by atoms with Crippen molar-refractivity contribution in [2.75, 3.05) is 13.2 Å². The Balaban J connectivity index is 1.34. The van der Waals surface area contributed by atoms with Gasteiger partial charge in [-0.15, -0.1) is 5.10 Å². The number of esters is 2. The van der Waals surface area contributed by atoms with Gasteiger partial charge in [-0.3, -0.25) is 14.7 Å². The maximum absolute atomic E-state index is 12.5. The molecule has 0 atom stereocenters. The van der Waals surface area contributed by atoms with E-state index in [1.54, 1.807) is 4.63 Å². The Kier molecular flexibility index (Phi) is 13.2. The van der Waals surface area contributed by atoms with Crippen molar-refractivity contribution in [1.29, 1.82) is 0 Å². The van der Waals surface area contributed by atoms with Crippen molar-refractivity contribution in [2.45, 2.75) is 117 Å². The van der Waals surface area contributed by atoms with Crippen molar-refractivity contribution in [1.82, 2.24) is 19.8 Å². The molecule has 0 aliphatic heterocycles. The molecule has 0 amide bonds. The minimum Gasteiger partial charge on any atom is -0.462 e. The zero-order valence-electron chi connectivity index (χ0n) is 25.3. The second-order valence-corrected chi connectivity index (χ2v) is 12.2. The van der Waals surface area contributed by atoms with Gasteiger partial charge in [-0.2, -0.15) is 4.63 Å². The summed E-state index contributed by atoms with van der Waals surface area (Å²) in [4.78, 5) is 29.1. The molecular formula is C32H47ClN4O4. The number of hydrogen-bond donors (Lipinski definition) is 1. The molecule has 0 radical (unpaired) electrons. The normalized spacial score (nSPS) is 11.7. The monoisotopic (exact) mass is 586 g/mol. The first-order valence-electron chi connectivity index (χ1n) is 15.2. The SMILES string of the molecule is CCCCCCCCCCCCCC(=O)OCCOC(=O)Cc1ccccc1-c1nc2c(Cl)c(C(C)(C)C)[nH]n2n1. The van der Waals surface area contributed by atoms with Gasteiger partial charge >= 0.3 is 11.9 Å². The molecule has 0 saturated heterocycles. The number of halogens is 1. The van der Waals surface area contributed by atoms with Crippen molar-refractivity contribution in [3.8, 4) is 11.4 Å². The molecule has 1 aromatic carbocycles. The average Bonchev–Trinajstić information content (AvgIpc) is 3.49. The summed E-state index contributed by atoms with van der Waals surface area (Å²) in [6.45, 7) is 8.52. The predicted octanol–water partition coefficient (Wildman–Crippen LogP) is 8.01. The van der Waals surface area contributed by atoms with E-state index in [1.165, 1.54) is 51.4 Å².